The van der Waals surface area contributed by atoms with Crippen molar-refractivity contribution in [3.05, 3.63) is 107 Å². The van der Waals surface area contributed by atoms with Gasteiger partial charge in [-0.05, 0) is 64.8 Å². The summed E-state index contributed by atoms with van der Waals surface area (Å²) < 4.78 is 37.6. The summed E-state index contributed by atoms with van der Waals surface area (Å²) in [5, 5.41) is 8.98. The molecule has 6 aromatic heterocycles. The molecular weight excluding hydrogens is 729 g/mol. The van der Waals surface area contributed by atoms with E-state index in [4.69, 9.17) is 28.4 Å². The zero-order valence-corrected chi connectivity index (χ0v) is 33.5. The first-order valence-electron chi connectivity index (χ1n) is 18.6. The summed E-state index contributed by atoms with van der Waals surface area (Å²) in [6.07, 6.45) is 10.6. The van der Waals surface area contributed by atoms with Crippen molar-refractivity contribution < 1.29 is 33.2 Å². The highest BCUT2D eigenvalue weighted by atomic mass is 16.7. The van der Waals surface area contributed by atoms with Crippen LogP contribution in [-0.2, 0) is 22.7 Å². The number of nitrogens with zero attached hydrogens (tertiary/aromatic N) is 8. The second-order valence-electron chi connectivity index (χ2n) is 13.7. The van der Waals surface area contributed by atoms with E-state index in [2.05, 4.69) is 57.8 Å². The molecule has 0 atom stereocenters. The lowest BCUT2D eigenvalue weighted by atomic mass is 10.1. The van der Waals surface area contributed by atoms with Gasteiger partial charge < -0.3 is 28.4 Å². The van der Waals surface area contributed by atoms with E-state index < -0.39 is 6.29 Å². The largest absolute Gasteiger partial charge is 0.487 e. The van der Waals surface area contributed by atoms with Crippen LogP contribution in [-0.4, -0.2) is 73.2 Å². The summed E-state index contributed by atoms with van der Waals surface area (Å²) in [4.78, 5) is 28.9. The number of methoxy groups -OCH3 is 2. The summed E-state index contributed by atoms with van der Waals surface area (Å²) in [6.45, 7) is 14.1. The molecule has 0 radical (unpaired) electrons. The van der Waals surface area contributed by atoms with Gasteiger partial charge in [0.2, 0.25) is 11.8 Å². The Morgan fingerprint density at radius 1 is 0.719 bits per heavy atom. The van der Waals surface area contributed by atoms with Crippen LogP contribution in [0.15, 0.2) is 73.6 Å². The number of rotatable bonds is 14. The Kier molecular flexibility index (Phi) is 13.2. The van der Waals surface area contributed by atoms with Gasteiger partial charge in [-0.2, -0.15) is 10.2 Å². The fraction of sp³-hybridized carbons (Fsp3) is 0.357. The minimum absolute atomic E-state index is 0.205. The van der Waals surface area contributed by atoms with Gasteiger partial charge in [-0.25, -0.2) is 9.97 Å². The maximum atomic E-state index is 11.3. The number of aldehydes is 1. The van der Waals surface area contributed by atoms with Gasteiger partial charge in [0.05, 0.1) is 86.1 Å². The molecule has 1 saturated heterocycles. The molecule has 0 aromatic carbocycles. The maximum Gasteiger partial charge on any atom is 0.213 e. The van der Waals surface area contributed by atoms with Gasteiger partial charge in [0, 0.05) is 47.7 Å². The first-order valence-corrected chi connectivity index (χ1v) is 18.6. The van der Waals surface area contributed by atoms with Crippen LogP contribution in [0.25, 0.3) is 22.8 Å². The van der Waals surface area contributed by atoms with Crippen LogP contribution in [0.1, 0.15) is 84.2 Å². The van der Waals surface area contributed by atoms with Crippen LogP contribution in [0.2, 0.25) is 0 Å². The Morgan fingerprint density at radius 2 is 1.21 bits per heavy atom. The molecular formula is C42H48N8O7. The van der Waals surface area contributed by atoms with E-state index in [1.54, 1.807) is 37.8 Å². The summed E-state index contributed by atoms with van der Waals surface area (Å²) >= 11 is 0. The van der Waals surface area contributed by atoms with Crippen molar-refractivity contribution in [1.29, 1.82) is 0 Å². The molecule has 15 heteroatoms. The quantitative estimate of drug-likeness (QED) is 0.100. The molecule has 298 valence electrons. The molecule has 0 aliphatic carbocycles. The second-order valence-corrected chi connectivity index (χ2v) is 13.7. The van der Waals surface area contributed by atoms with Gasteiger partial charge in [-0.15, -0.1) is 0 Å². The Balaban J connectivity index is 0.000000194. The first-order chi connectivity index (χ1) is 27.6. The van der Waals surface area contributed by atoms with Crippen molar-refractivity contribution in [3.8, 4) is 46.0 Å². The van der Waals surface area contributed by atoms with Crippen molar-refractivity contribution in [2.75, 3.05) is 27.4 Å². The average molecular weight is 777 g/mol. The monoisotopic (exact) mass is 776 g/mol. The number of hydrogen-bond donors (Lipinski definition) is 0. The summed E-state index contributed by atoms with van der Waals surface area (Å²) in [5.41, 5.74) is 8.75. The molecule has 1 fully saturated rings. The topological polar surface area (TPSA) is 160 Å². The molecule has 0 N–H and O–H groups in total. The molecule has 1 aliphatic rings. The molecule has 0 saturated carbocycles. The van der Waals surface area contributed by atoms with Crippen LogP contribution in [0.5, 0.6) is 23.3 Å². The third-order valence-electron chi connectivity index (χ3n) is 9.10. The van der Waals surface area contributed by atoms with Crippen LogP contribution in [0.4, 0.5) is 0 Å². The third kappa shape index (κ3) is 9.27. The van der Waals surface area contributed by atoms with Crippen LogP contribution < -0.4 is 18.9 Å². The van der Waals surface area contributed by atoms with Crippen LogP contribution in [0, 0.1) is 13.8 Å². The highest BCUT2D eigenvalue weighted by Gasteiger charge is 2.25. The van der Waals surface area contributed by atoms with Crippen LogP contribution in [0.3, 0.4) is 0 Å². The van der Waals surface area contributed by atoms with Gasteiger partial charge in [0.15, 0.2) is 12.6 Å². The lowest BCUT2D eigenvalue weighted by Gasteiger charge is -2.18. The molecule has 1 aliphatic heterocycles. The smallest absolute Gasteiger partial charge is 0.213 e. The van der Waals surface area contributed by atoms with Gasteiger partial charge >= 0.3 is 0 Å². The van der Waals surface area contributed by atoms with Gasteiger partial charge in [-0.3, -0.25) is 24.1 Å². The van der Waals surface area contributed by atoms with Crippen molar-refractivity contribution in [2.24, 2.45) is 0 Å². The highest BCUT2D eigenvalue weighted by molar-refractivity contribution is 5.79. The minimum Gasteiger partial charge on any atom is -0.487 e. The molecule has 7 rings (SSSR count). The third-order valence-corrected chi connectivity index (χ3v) is 9.10. The number of ether oxygens (including phenoxy) is 6. The Bertz CT molecular complexity index is 2280. The van der Waals surface area contributed by atoms with E-state index in [0.29, 0.717) is 48.6 Å². The Labute approximate surface area is 331 Å². The molecule has 15 nitrogen and oxygen atoms in total. The number of carbonyl (C=O) groups excluding carboxylic acids is 1. The zero-order valence-electron chi connectivity index (χ0n) is 33.5. The van der Waals surface area contributed by atoms with Crippen molar-refractivity contribution in [3.63, 3.8) is 0 Å². The predicted octanol–water partition coefficient (Wildman–Crippen LogP) is 7.49. The van der Waals surface area contributed by atoms with E-state index in [9.17, 15) is 4.79 Å². The second kappa shape index (κ2) is 18.6. The van der Waals surface area contributed by atoms with Crippen molar-refractivity contribution in [2.45, 2.75) is 73.1 Å². The van der Waals surface area contributed by atoms with Crippen molar-refractivity contribution >= 4 is 6.29 Å². The predicted molar refractivity (Wildman–Crippen MR) is 211 cm³/mol. The molecule has 7 heterocycles. The van der Waals surface area contributed by atoms with E-state index in [0.717, 1.165) is 56.9 Å². The number of carbonyl (C=O) groups is 1. The normalized spacial score (nSPS) is 12.7. The fourth-order valence-electron chi connectivity index (χ4n) is 6.27. The number of hydrogen-bond acceptors (Lipinski definition) is 13. The van der Waals surface area contributed by atoms with Gasteiger partial charge in [-0.1, -0.05) is 12.1 Å². The number of pyridine rings is 4. The molecule has 0 unspecified atom stereocenters. The number of aryl methyl sites for hydroxylation is 2. The van der Waals surface area contributed by atoms with Crippen LogP contribution >= 0.6 is 0 Å². The Hall–Kier alpha value is -6.19. The maximum absolute atomic E-state index is 11.3. The molecule has 0 amide bonds. The van der Waals surface area contributed by atoms with E-state index in [-0.39, 0.29) is 18.7 Å². The molecule has 57 heavy (non-hydrogen) atoms. The molecule has 0 spiro atoms. The van der Waals surface area contributed by atoms with Crippen molar-refractivity contribution in [1.82, 2.24) is 39.5 Å². The SMILES string of the molecule is COc1cc(C2OCCO2)c(OCc2cccnc2-c2c(C)cnn2C(C)C)cn1.COc1cc(C=O)c(OCc2cccnc2-c2c(C)cnn2C(C)C)cn1. The Morgan fingerprint density at radius 3 is 1.70 bits per heavy atom. The minimum atomic E-state index is -0.491. The lowest BCUT2D eigenvalue weighted by molar-refractivity contribution is -0.0460. The van der Waals surface area contributed by atoms with Gasteiger partial charge in [0.25, 0.3) is 0 Å². The van der Waals surface area contributed by atoms with E-state index in [1.165, 1.54) is 13.3 Å². The van der Waals surface area contributed by atoms with Gasteiger partial charge in [0.1, 0.15) is 24.7 Å². The number of aromatic nitrogens is 8. The summed E-state index contributed by atoms with van der Waals surface area (Å²) in [6, 6.07) is 11.5. The first kappa shape index (κ1) is 40.5. The lowest BCUT2D eigenvalue weighted by Crippen LogP contribution is -2.09. The average Bonchev–Trinajstić information content (AvgIpc) is 4.00. The van der Waals surface area contributed by atoms with E-state index >= 15 is 0 Å². The summed E-state index contributed by atoms with van der Waals surface area (Å²) in [5.74, 6) is 1.83. The van der Waals surface area contributed by atoms with E-state index in [1.807, 2.05) is 59.9 Å². The molecule has 6 aromatic rings. The standard InChI is InChI=1S/C22H26N4O4.C20H22N4O3/c1-14(2)26-21(15(3)11-25-26)20-16(6-5-7-23-20)13-30-18-12-24-19(27-4)10-17(18)22-28-8-9-29-22;1-13(2)24-20(14(3)9-23-24)19-15(6-5-7-21-19)12-27-17-10-22-18(26-4)8-16(17)11-25/h5-7,10-12,14,22H,8-9,13H2,1-4H3;5-11,13H,12H2,1-4H3. The zero-order chi connectivity index (χ0) is 40.5. The summed E-state index contributed by atoms with van der Waals surface area (Å²) in [7, 11) is 3.07. The highest BCUT2D eigenvalue weighted by Crippen LogP contribution is 2.35. The molecule has 0 bridgehead atoms. The fourth-order valence-corrected chi connectivity index (χ4v) is 6.27.